The van der Waals surface area contributed by atoms with Crippen molar-refractivity contribution < 1.29 is 4.79 Å². The SMILES string of the molecule is Cc1cc2n(n1)CCCN2C(=O)CCl. The van der Waals surface area contributed by atoms with E-state index in [-0.39, 0.29) is 11.8 Å². The van der Waals surface area contributed by atoms with E-state index in [1.54, 1.807) is 4.90 Å². The van der Waals surface area contributed by atoms with Crippen molar-refractivity contribution in [3.63, 3.8) is 0 Å². The van der Waals surface area contributed by atoms with Crippen LogP contribution in [0.25, 0.3) is 0 Å². The van der Waals surface area contributed by atoms with Crippen LogP contribution in [-0.2, 0) is 11.3 Å². The maximum Gasteiger partial charge on any atom is 0.243 e. The first-order valence-electron chi connectivity index (χ1n) is 4.63. The molecule has 0 unspecified atom stereocenters. The lowest BCUT2D eigenvalue weighted by molar-refractivity contribution is -0.116. The molecule has 1 aliphatic heterocycles. The zero-order valence-electron chi connectivity index (χ0n) is 8.03. The van der Waals surface area contributed by atoms with Gasteiger partial charge in [0.05, 0.1) is 5.69 Å². The zero-order valence-corrected chi connectivity index (χ0v) is 8.79. The molecule has 0 spiro atoms. The van der Waals surface area contributed by atoms with Crippen LogP contribution in [0.1, 0.15) is 12.1 Å². The predicted molar refractivity (Wildman–Crippen MR) is 54.7 cm³/mol. The number of aryl methyl sites for hydroxylation is 2. The van der Waals surface area contributed by atoms with Gasteiger partial charge in [-0.15, -0.1) is 11.6 Å². The number of amides is 1. The van der Waals surface area contributed by atoms with Crippen LogP contribution in [0.5, 0.6) is 0 Å². The Balaban J connectivity index is 2.34. The van der Waals surface area contributed by atoms with Gasteiger partial charge in [0.2, 0.25) is 5.91 Å². The van der Waals surface area contributed by atoms with Gasteiger partial charge in [0, 0.05) is 19.2 Å². The highest BCUT2D eigenvalue weighted by Crippen LogP contribution is 2.21. The average molecular weight is 214 g/mol. The summed E-state index contributed by atoms with van der Waals surface area (Å²) in [7, 11) is 0. The summed E-state index contributed by atoms with van der Waals surface area (Å²) in [6.07, 6.45) is 0.941. The molecule has 5 heteroatoms. The van der Waals surface area contributed by atoms with Crippen molar-refractivity contribution in [2.45, 2.75) is 19.9 Å². The molecule has 1 amide bonds. The standard InChI is InChI=1S/C9H12ClN3O/c1-7-5-8-12(9(14)6-10)3-2-4-13(8)11-7/h5H,2-4,6H2,1H3. The molecule has 0 atom stereocenters. The number of fused-ring (bicyclic) bond motifs is 1. The monoisotopic (exact) mass is 213 g/mol. The maximum atomic E-state index is 11.5. The van der Waals surface area contributed by atoms with E-state index in [9.17, 15) is 4.79 Å². The van der Waals surface area contributed by atoms with Crippen LogP contribution in [0.15, 0.2) is 6.07 Å². The van der Waals surface area contributed by atoms with Crippen LogP contribution in [0.2, 0.25) is 0 Å². The van der Waals surface area contributed by atoms with Gasteiger partial charge in [-0.2, -0.15) is 5.10 Å². The molecule has 0 radical (unpaired) electrons. The smallest absolute Gasteiger partial charge is 0.243 e. The first kappa shape index (κ1) is 9.52. The van der Waals surface area contributed by atoms with Crippen LogP contribution in [-0.4, -0.2) is 28.1 Å². The minimum atomic E-state index is -0.0486. The molecule has 0 saturated carbocycles. The first-order chi connectivity index (χ1) is 6.72. The fourth-order valence-electron chi connectivity index (χ4n) is 1.73. The van der Waals surface area contributed by atoms with Crippen molar-refractivity contribution in [2.75, 3.05) is 17.3 Å². The lowest BCUT2D eigenvalue weighted by atomic mass is 10.3. The largest absolute Gasteiger partial charge is 0.296 e. The highest BCUT2D eigenvalue weighted by atomic mass is 35.5. The number of hydrogen-bond acceptors (Lipinski definition) is 2. The number of carbonyl (C=O) groups is 1. The molecular weight excluding hydrogens is 202 g/mol. The van der Waals surface area contributed by atoms with E-state index in [4.69, 9.17) is 11.6 Å². The highest BCUT2D eigenvalue weighted by molar-refractivity contribution is 6.29. The van der Waals surface area contributed by atoms with E-state index in [0.717, 1.165) is 31.0 Å². The molecule has 0 saturated heterocycles. The van der Waals surface area contributed by atoms with Gasteiger partial charge in [-0.05, 0) is 13.3 Å². The Bertz CT molecular complexity index is 361. The Morgan fingerprint density at radius 1 is 1.64 bits per heavy atom. The van der Waals surface area contributed by atoms with Gasteiger partial charge in [0.1, 0.15) is 11.7 Å². The molecule has 1 aromatic rings. The van der Waals surface area contributed by atoms with Crippen LogP contribution in [0, 0.1) is 6.92 Å². The zero-order chi connectivity index (χ0) is 10.1. The van der Waals surface area contributed by atoms with Gasteiger partial charge < -0.3 is 0 Å². The quantitative estimate of drug-likeness (QED) is 0.657. The van der Waals surface area contributed by atoms with Gasteiger partial charge in [0.15, 0.2) is 0 Å². The van der Waals surface area contributed by atoms with E-state index >= 15 is 0 Å². The number of alkyl halides is 1. The summed E-state index contributed by atoms with van der Waals surface area (Å²) in [5.74, 6) is 0.858. The third-order valence-corrected chi connectivity index (χ3v) is 2.55. The summed E-state index contributed by atoms with van der Waals surface area (Å²) < 4.78 is 1.86. The second-order valence-corrected chi connectivity index (χ2v) is 3.67. The first-order valence-corrected chi connectivity index (χ1v) is 5.16. The summed E-state index contributed by atoms with van der Waals surface area (Å²) in [4.78, 5) is 13.2. The Morgan fingerprint density at radius 3 is 3.14 bits per heavy atom. The average Bonchev–Trinajstić information content (AvgIpc) is 2.56. The fraction of sp³-hybridized carbons (Fsp3) is 0.556. The molecule has 4 nitrogen and oxygen atoms in total. The molecule has 0 bridgehead atoms. The number of aromatic nitrogens is 2. The van der Waals surface area contributed by atoms with Crippen LogP contribution >= 0.6 is 11.6 Å². The minimum Gasteiger partial charge on any atom is -0.296 e. The van der Waals surface area contributed by atoms with Crippen LogP contribution < -0.4 is 4.90 Å². The third kappa shape index (κ3) is 1.50. The number of rotatable bonds is 1. The number of nitrogens with zero attached hydrogens (tertiary/aromatic N) is 3. The summed E-state index contributed by atoms with van der Waals surface area (Å²) in [5, 5.41) is 4.30. The predicted octanol–water partition coefficient (Wildman–Crippen LogP) is 1.17. The fourth-order valence-corrected chi connectivity index (χ4v) is 1.88. The molecule has 1 aliphatic rings. The van der Waals surface area contributed by atoms with Crippen molar-refractivity contribution in [1.82, 2.24) is 9.78 Å². The van der Waals surface area contributed by atoms with Crippen molar-refractivity contribution >= 4 is 23.3 Å². The molecular formula is C9H12ClN3O. The van der Waals surface area contributed by atoms with E-state index < -0.39 is 0 Å². The Hall–Kier alpha value is -1.03. The molecule has 76 valence electrons. The third-order valence-electron chi connectivity index (χ3n) is 2.32. The van der Waals surface area contributed by atoms with E-state index in [1.165, 1.54) is 0 Å². The van der Waals surface area contributed by atoms with Gasteiger partial charge >= 0.3 is 0 Å². The lowest BCUT2D eigenvalue weighted by Gasteiger charge is -2.26. The summed E-state index contributed by atoms with van der Waals surface area (Å²) in [6.45, 7) is 3.56. The molecule has 0 aromatic carbocycles. The molecule has 2 heterocycles. The normalized spacial score (nSPS) is 15.4. The molecule has 2 rings (SSSR count). The molecule has 14 heavy (non-hydrogen) atoms. The summed E-state index contributed by atoms with van der Waals surface area (Å²) >= 11 is 5.54. The van der Waals surface area contributed by atoms with E-state index in [2.05, 4.69) is 5.10 Å². The highest BCUT2D eigenvalue weighted by Gasteiger charge is 2.22. The van der Waals surface area contributed by atoms with Gasteiger partial charge in [0.25, 0.3) is 0 Å². The van der Waals surface area contributed by atoms with Crippen LogP contribution in [0.3, 0.4) is 0 Å². The maximum absolute atomic E-state index is 11.5. The molecule has 1 aromatic heterocycles. The number of carbonyl (C=O) groups excluding carboxylic acids is 1. The second-order valence-electron chi connectivity index (χ2n) is 3.40. The van der Waals surface area contributed by atoms with E-state index in [0.29, 0.717) is 0 Å². The van der Waals surface area contributed by atoms with E-state index in [1.807, 2.05) is 17.7 Å². The number of anilines is 1. The molecule has 0 aliphatic carbocycles. The van der Waals surface area contributed by atoms with Crippen molar-refractivity contribution in [3.05, 3.63) is 11.8 Å². The van der Waals surface area contributed by atoms with Crippen LogP contribution in [0.4, 0.5) is 5.82 Å². The van der Waals surface area contributed by atoms with Crippen molar-refractivity contribution in [3.8, 4) is 0 Å². The minimum absolute atomic E-state index is 0.0320. The topological polar surface area (TPSA) is 38.1 Å². The van der Waals surface area contributed by atoms with Crippen molar-refractivity contribution in [1.29, 1.82) is 0 Å². The molecule has 0 fully saturated rings. The Morgan fingerprint density at radius 2 is 2.43 bits per heavy atom. The lowest BCUT2D eigenvalue weighted by Crippen LogP contribution is -2.38. The summed E-state index contributed by atoms with van der Waals surface area (Å²) in [5.41, 5.74) is 0.939. The second kappa shape index (κ2) is 3.61. The number of hydrogen-bond donors (Lipinski definition) is 0. The molecule has 0 N–H and O–H groups in total. The Kier molecular flexibility index (Phi) is 2.46. The van der Waals surface area contributed by atoms with Gasteiger partial charge in [-0.3, -0.25) is 9.69 Å². The Labute approximate surface area is 87.4 Å². The van der Waals surface area contributed by atoms with Gasteiger partial charge in [-0.25, -0.2) is 4.68 Å². The van der Waals surface area contributed by atoms with Crippen molar-refractivity contribution in [2.24, 2.45) is 0 Å². The number of halogens is 1. The summed E-state index contributed by atoms with van der Waals surface area (Å²) in [6, 6.07) is 1.92. The van der Waals surface area contributed by atoms with Gasteiger partial charge in [-0.1, -0.05) is 0 Å².